The van der Waals surface area contributed by atoms with Crippen LogP contribution in [-0.2, 0) is 20.8 Å². The zero-order valence-corrected chi connectivity index (χ0v) is 21.5. The maximum absolute atomic E-state index is 13.2. The maximum Gasteiger partial charge on any atom is 0.326 e. The van der Waals surface area contributed by atoms with Gasteiger partial charge in [0.1, 0.15) is 24.4 Å². The largest absolute Gasteiger partial charge is 0.491 e. The third-order valence-electron chi connectivity index (χ3n) is 5.51. The quantitative estimate of drug-likeness (QED) is 0.247. The van der Waals surface area contributed by atoms with E-state index < -0.39 is 41.7 Å². The van der Waals surface area contributed by atoms with Crippen molar-refractivity contribution in [2.75, 3.05) is 6.61 Å². The summed E-state index contributed by atoms with van der Waals surface area (Å²) >= 11 is 6.11. The molecule has 0 spiro atoms. The molecule has 0 bridgehead atoms. The average molecular weight is 533 g/mol. The lowest BCUT2D eigenvalue weighted by Gasteiger charge is -2.23. The number of halogens is 1. The van der Waals surface area contributed by atoms with Crippen molar-refractivity contribution in [2.45, 2.75) is 51.2 Å². The summed E-state index contributed by atoms with van der Waals surface area (Å²) in [5.41, 5.74) is 12.5. The molecule has 0 radical (unpaired) electrons. The third-order valence-corrected chi connectivity index (χ3v) is 5.75. The van der Waals surface area contributed by atoms with E-state index in [-0.39, 0.29) is 41.8 Å². The number of nitrogens with two attached hydrogens (primary N) is 2. The Kier molecular flexibility index (Phi) is 11.4. The van der Waals surface area contributed by atoms with Gasteiger partial charge >= 0.3 is 5.97 Å². The summed E-state index contributed by atoms with van der Waals surface area (Å²) in [4.78, 5) is 48.9. The molecule has 3 atom stereocenters. The number of hydrogen-bond acceptors (Lipinski definition) is 6. The van der Waals surface area contributed by atoms with Crippen LogP contribution in [0.25, 0.3) is 0 Å². The second-order valence-corrected chi connectivity index (χ2v) is 9.44. The zero-order valence-electron chi connectivity index (χ0n) is 20.8. The summed E-state index contributed by atoms with van der Waals surface area (Å²) in [6.45, 7) is 3.37. The number of benzene rings is 2. The van der Waals surface area contributed by atoms with E-state index in [1.165, 1.54) is 12.1 Å². The van der Waals surface area contributed by atoms with Gasteiger partial charge < -0.3 is 31.9 Å². The van der Waals surface area contributed by atoms with Crippen LogP contribution in [0.3, 0.4) is 0 Å². The summed E-state index contributed by atoms with van der Waals surface area (Å²) in [6, 6.07) is 11.3. The van der Waals surface area contributed by atoms with Crippen molar-refractivity contribution in [1.82, 2.24) is 10.6 Å². The van der Waals surface area contributed by atoms with Crippen molar-refractivity contribution in [3.05, 3.63) is 64.7 Å². The van der Waals surface area contributed by atoms with Gasteiger partial charge in [-0.15, -0.1) is 0 Å². The van der Waals surface area contributed by atoms with Gasteiger partial charge in [-0.1, -0.05) is 55.8 Å². The fourth-order valence-electron chi connectivity index (χ4n) is 3.54. The van der Waals surface area contributed by atoms with Gasteiger partial charge in [-0.05, 0) is 42.5 Å². The van der Waals surface area contributed by atoms with Gasteiger partial charge in [0.15, 0.2) is 0 Å². The average Bonchev–Trinajstić information content (AvgIpc) is 2.84. The fourth-order valence-corrected chi connectivity index (χ4v) is 3.71. The number of aliphatic carboxylic acids is 1. The second-order valence-electron chi connectivity index (χ2n) is 9.00. The van der Waals surface area contributed by atoms with Crippen molar-refractivity contribution < 1.29 is 29.0 Å². The Balaban J connectivity index is 2.17. The number of carbonyl (C=O) groups excluding carboxylic acids is 3. The van der Waals surface area contributed by atoms with Gasteiger partial charge in [0.05, 0.1) is 5.56 Å². The highest BCUT2D eigenvalue weighted by molar-refractivity contribution is 6.31. The smallest absolute Gasteiger partial charge is 0.326 e. The Labute approximate surface area is 220 Å². The van der Waals surface area contributed by atoms with E-state index in [9.17, 15) is 24.3 Å². The molecule has 2 aromatic carbocycles. The predicted octanol–water partition coefficient (Wildman–Crippen LogP) is 1.88. The summed E-state index contributed by atoms with van der Waals surface area (Å²) in [6.07, 6.45) is 0.229. The number of carboxylic acid groups (broad SMARTS) is 1. The van der Waals surface area contributed by atoms with Crippen LogP contribution in [-0.4, -0.2) is 53.5 Å². The van der Waals surface area contributed by atoms with E-state index in [4.69, 9.17) is 27.8 Å². The molecule has 0 heterocycles. The first kappa shape index (κ1) is 29.6. The summed E-state index contributed by atoms with van der Waals surface area (Å²) in [5, 5.41) is 14.6. The van der Waals surface area contributed by atoms with Gasteiger partial charge in [0.2, 0.25) is 11.8 Å². The first-order valence-corrected chi connectivity index (χ1v) is 12.2. The Hall–Kier alpha value is -3.63. The molecule has 0 aliphatic rings. The molecule has 0 aliphatic carbocycles. The number of primary amides is 1. The van der Waals surface area contributed by atoms with E-state index in [1.54, 1.807) is 19.9 Å². The van der Waals surface area contributed by atoms with Gasteiger partial charge in [0, 0.05) is 17.5 Å². The number of hydrogen-bond donors (Lipinski definition) is 5. The van der Waals surface area contributed by atoms with Crippen LogP contribution in [0.4, 0.5) is 0 Å². The molecule has 0 saturated carbocycles. The van der Waals surface area contributed by atoms with E-state index in [1.807, 2.05) is 30.3 Å². The van der Waals surface area contributed by atoms with E-state index in [2.05, 4.69) is 10.6 Å². The third kappa shape index (κ3) is 9.74. The van der Waals surface area contributed by atoms with Crippen LogP contribution in [0.2, 0.25) is 5.02 Å². The van der Waals surface area contributed by atoms with Crippen LogP contribution in [0, 0.1) is 5.92 Å². The number of ether oxygens (including phenoxy) is 1. The molecule has 0 saturated heterocycles. The highest BCUT2D eigenvalue weighted by Gasteiger charge is 2.29. The van der Waals surface area contributed by atoms with Crippen LogP contribution < -0.4 is 26.8 Å². The maximum atomic E-state index is 13.2. The lowest BCUT2D eigenvalue weighted by Crippen LogP contribution is -2.53. The zero-order chi connectivity index (χ0) is 27.5. The molecule has 11 heteroatoms. The SMILES string of the molecule is CC(C)[C@H](NC(=O)[C@H](CCC(N)=O)NC(=O)c1cc(Cl)ccc1OC[C@@H](N)Cc1ccccc1)C(=O)O. The van der Waals surface area contributed by atoms with E-state index in [0.29, 0.717) is 6.42 Å². The Bertz CT molecular complexity index is 1100. The van der Waals surface area contributed by atoms with Gasteiger partial charge in [-0.3, -0.25) is 14.4 Å². The van der Waals surface area contributed by atoms with E-state index in [0.717, 1.165) is 5.56 Å². The molecule has 2 aromatic rings. The van der Waals surface area contributed by atoms with Crippen LogP contribution in [0.15, 0.2) is 48.5 Å². The standard InChI is InChI=1S/C26H33ClN4O6/c1-15(2)23(26(35)36)31-25(34)20(9-11-22(29)32)30-24(33)19-13-17(27)8-10-21(19)37-14-18(28)12-16-6-4-3-5-7-16/h3-8,10,13,15,18,20,23H,9,11-12,14,28H2,1-2H3,(H2,29,32)(H,30,33)(H,31,34)(H,35,36)/t18-,20-,23-/m0/s1. The van der Waals surface area contributed by atoms with Crippen molar-refractivity contribution in [2.24, 2.45) is 17.4 Å². The molecule has 10 nitrogen and oxygen atoms in total. The molecular weight excluding hydrogens is 500 g/mol. The lowest BCUT2D eigenvalue weighted by atomic mass is 10.0. The first-order chi connectivity index (χ1) is 17.5. The van der Waals surface area contributed by atoms with Gasteiger partial charge in [-0.2, -0.15) is 0 Å². The van der Waals surface area contributed by atoms with Crippen LogP contribution >= 0.6 is 11.6 Å². The normalized spacial score (nSPS) is 13.3. The van der Waals surface area contributed by atoms with Crippen LogP contribution in [0.5, 0.6) is 5.75 Å². The highest BCUT2D eigenvalue weighted by Crippen LogP contribution is 2.24. The summed E-state index contributed by atoms with van der Waals surface area (Å²) in [5.74, 6) is -3.57. The summed E-state index contributed by atoms with van der Waals surface area (Å²) in [7, 11) is 0. The summed E-state index contributed by atoms with van der Waals surface area (Å²) < 4.78 is 5.82. The molecule has 0 aliphatic heterocycles. The highest BCUT2D eigenvalue weighted by atomic mass is 35.5. The number of amides is 3. The molecule has 7 N–H and O–H groups in total. The molecule has 3 amide bonds. The van der Waals surface area contributed by atoms with Crippen LogP contribution in [0.1, 0.15) is 42.6 Å². The fraction of sp³-hybridized carbons (Fsp3) is 0.385. The Morgan fingerprint density at radius 2 is 1.73 bits per heavy atom. The minimum Gasteiger partial charge on any atom is -0.491 e. The second kappa shape index (κ2) is 14.2. The minimum absolute atomic E-state index is 0.0509. The topological polar surface area (TPSA) is 174 Å². The number of carboxylic acids is 1. The van der Waals surface area contributed by atoms with Crippen molar-refractivity contribution in [3.63, 3.8) is 0 Å². The molecule has 200 valence electrons. The molecule has 0 fully saturated rings. The number of carbonyl (C=O) groups is 4. The van der Waals surface area contributed by atoms with Gasteiger partial charge in [0.25, 0.3) is 5.91 Å². The van der Waals surface area contributed by atoms with Crippen molar-refractivity contribution in [3.8, 4) is 5.75 Å². The molecule has 0 unspecified atom stereocenters. The monoisotopic (exact) mass is 532 g/mol. The Morgan fingerprint density at radius 1 is 1.05 bits per heavy atom. The van der Waals surface area contributed by atoms with Gasteiger partial charge in [-0.25, -0.2) is 4.79 Å². The van der Waals surface area contributed by atoms with E-state index >= 15 is 0 Å². The lowest BCUT2D eigenvalue weighted by molar-refractivity contribution is -0.143. The molecule has 37 heavy (non-hydrogen) atoms. The minimum atomic E-state index is -1.23. The number of nitrogens with one attached hydrogen (secondary N) is 2. The molecular formula is C26H33ClN4O6. The van der Waals surface area contributed by atoms with Crippen molar-refractivity contribution in [1.29, 1.82) is 0 Å². The molecule has 2 rings (SSSR count). The number of rotatable bonds is 14. The van der Waals surface area contributed by atoms with Crippen molar-refractivity contribution >= 4 is 35.3 Å². The Morgan fingerprint density at radius 3 is 2.32 bits per heavy atom. The molecule has 0 aromatic heterocycles. The first-order valence-electron chi connectivity index (χ1n) is 11.8. The predicted molar refractivity (Wildman–Crippen MR) is 139 cm³/mol.